The lowest BCUT2D eigenvalue weighted by molar-refractivity contribution is 0.0305. The van der Waals surface area contributed by atoms with E-state index in [4.69, 9.17) is 9.47 Å². The van der Waals surface area contributed by atoms with E-state index in [1.165, 1.54) is 0 Å². The molecule has 0 radical (unpaired) electrons. The van der Waals surface area contributed by atoms with Gasteiger partial charge in [-0.3, -0.25) is 0 Å². The predicted octanol–water partition coefficient (Wildman–Crippen LogP) is 3.08. The van der Waals surface area contributed by atoms with Crippen molar-refractivity contribution >= 4 is 15.9 Å². The fourth-order valence-corrected chi connectivity index (χ4v) is 2.83. The maximum Gasteiger partial charge on any atom is 0.142 e. The first-order valence-corrected chi connectivity index (χ1v) is 6.45. The van der Waals surface area contributed by atoms with Crippen LogP contribution in [0.5, 0.6) is 11.5 Å². The maximum atomic E-state index is 10.6. The molecule has 1 N–H and O–H groups in total. The molecule has 1 fully saturated rings. The van der Waals surface area contributed by atoms with Gasteiger partial charge in [0.25, 0.3) is 0 Å². The smallest absolute Gasteiger partial charge is 0.142 e. The Morgan fingerprint density at radius 1 is 1.29 bits per heavy atom. The summed E-state index contributed by atoms with van der Waals surface area (Å²) in [6.45, 7) is 1.85. The van der Waals surface area contributed by atoms with Crippen LogP contribution in [0.25, 0.3) is 0 Å². The predicted molar refractivity (Wildman–Crippen MR) is 69.5 cm³/mol. The number of hydrogen-bond donors (Lipinski definition) is 1. The minimum absolute atomic E-state index is 0.330. The second kappa shape index (κ2) is 4.50. The van der Waals surface area contributed by atoms with Crippen molar-refractivity contribution in [2.45, 2.75) is 25.4 Å². The van der Waals surface area contributed by atoms with Gasteiger partial charge in [0.1, 0.15) is 16.0 Å². The molecular weight excluding hydrogens is 284 g/mol. The zero-order valence-electron chi connectivity index (χ0n) is 10.3. The molecule has 1 atom stereocenters. The van der Waals surface area contributed by atoms with E-state index in [9.17, 15) is 5.11 Å². The molecule has 4 heteroatoms. The minimum Gasteiger partial charge on any atom is -0.495 e. The molecule has 3 nitrogen and oxygen atoms in total. The summed E-state index contributed by atoms with van der Waals surface area (Å²) < 4.78 is 11.4. The molecule has 17 heavy (non-hydrogen) atoms. The number of halogens is 1. The first-order chi connectivity index (χ1) is 8.02. The van der Waals surface area contributed by atoms with Crippen LogP contribution in [0.4, 0.5) is 0 Å². The van der Waals surface area contributed by atoms with Crippen LogP contribution in [0.3, 0.4) is 0 Å². The third-order valence-corrected chi connectivity index (χ3v) is 4.15. The highest BCUT2D eigenvalue weighted by atomic mass is 79.9. The van der Waals surface area contributed by atoms with Crippen LogP contribution < -0.4 is 9.47 Å². The van der Waals surface area contributed by atoms with Crippen molar-refractivity contribution in [3.63, 3.8) is 0 Å². The summed E-state index contributed by atoms with van der Waals surface area (Å²) >= 11 is 3.45. The second-order valence-electron chi connectivity index (χ2n) is 4.58. The van der Waals surface area contributed by atoms with Crippen molar-refractivity contribution in [1.82, 2.24) is 0 Å². The summed E-state index contributed by atoms with van der Waals surface area (Å²) in [5.41, 5.74) is -0.0182. The van der Waals surface area contributed by atoms with Crippen LogP contribution in [0, 0.1) is 5.92 Å². The minimum atomic E-state index is -0.833. The SMILES string of the molecule is COc1ccc(C(C)(O)C2CC2)c(OC)c1Br. The fraction of sp³-hybridized carbons (Fsp3) is 0.538. The van der Waals surface area contributed by atoms with E-state index in [1.807, 2.05) is 19.1 Å². The first kappa shape index (κ1) is 12.7. The number of hydrogen-bond acceptors (Lipinski definition) is 3. The van der Waals surface area contributed by atoms with Crippen molar-refractivity contribution < 1.29 is 14.6 Å². The molecule has 1 aliphatic carbocycles. The van der Waals surface area contributed by atoms with Crippen LogP contribution in [0.15, 0.2) is 16.6 Å². The molecule has 0 amide bonds. The lowest BCUT2D eigenvalue weighted by atomic mass is 9.90. The molecule has 0 bridgehead atoms. The number of benzene rings is 1. The topological polar surface area (TPSA) is 38.7 Å². The van der Waals surface area contributed by atoms with Gasteiger partial charge < -0.3 is 14.6 Å². The van der Waals surface area contributed by atoms with Crippen LogP contribution in [-0.4, -0.2) is 19.3 Å². The van der Waals surface area contributed by atoms with Crippen molar-refractivity contribution in [3.8, 4) is 11.5 Å². The zero-order valence-corrected chi connectivity index (χ0v) is 11.9. The quantitative estimate of drug-likeness (QED) is 0.929. The van der Waals surface area contributed by atoms with Gasteiger partial charge in [-0.15, -0.1) is 0 Å². The monoisotopic (exact) mass is 300 g/mol. The summed E-state index contributed by atoms with van der Waals surface area (Å²) in [6, 6.07) is 3.72. The van der Waals surface area contributed by atoms with Gasteiger partial charge in [-0.2, -0.15) is 0 Å². The average molecular weight is 301 g/mol. The summed E-state index contributed by atoms with van der Waals surface area (Å²) in [7, 11) is 3.21. The highest BCUT2D eigenvalue weighted by Crippen LogP contribution is 2.50. The van der Waals surface area contributed by atoms with Gasteiger partial charge >= 0.3 is 0 Å². The Labute approximate surface area is 110 Å². The van der Waals surface area contributed by atoms with Crippen LogP contribution in [0.1, 0.15) is 25.3 Å². The summed E-state index contributed by atoms with van der Waals surface area (Å²) in [4.78, 5) is 0. The Morgan fingerprint density at radius 3 is 2.41 bits per heavy atom. The van der Waals surface area contributed by atoms with E-state index < -0.39 is 5.60 Å². The molecule has 0 spiro atoms. The van der Waals surface area contributed by atoms with Gasteiger partial charge in [0.15, 0.2) is 0 Å². The lowest BCUT2D eigenvalue weighted by Gasteiger charge is -2.26. The van der Waals surface area contributed by atoms with E-state index >= 15 is 0 Å². The van der Waals surface area contributed by atoms with E-state index in [2.05, 4.69) is 15.9 Å². The van der Waals surface area contributed by atoms with E-state index in [0.29, 0.717) is 17.4 Å². The third kappa shape index (κ3) is 2.16. The second-order valence-corrected chi connectivity index (χ2v) is 5.38. The molecule has 0 heterocycles. The lowest BCUT2D eigenvalue weighted by Crippen LogP contribution is -2.24. The van der Waals surface area contributed by atoms with Gasteiger partial charge in [0, 0.05) is 5.56 Å². The molecule has 1 aromatic carbocycles. The molecule has 94 valence electrons. The molecule has 0 aliphatic heterocycles. The van der Waals surface area contributed by atoms with Crippen LogP contribution in [-0.2, 0) is 5.60 Å². The highest BCUT2D eigenvalue weighted by molar-refractivity contribution is 9.10. The van der Waals surface area contributed by atoms with Crippen molar-refractivity contribution in [2.75, 3.05) is 14.2 Å². The summed E-state index contributed by atoms with van der Waals surface area (Å²) in [5.74, 6) is 1.69. The number of ether oxygens (including phenoxy) is 2. The zero-order chi connectivity index (χ0) is 12.6. The Morgan fingerprint density at radius 2 is 1.94 bits per heavy atom. The molecule has 1 aromatic rings. The molecule has 0 saturated heterocycles. The van der Waals surface area contributed by atoms with Crippen molar-refractivity contribution in [2.24, 2.45) is 5.92 Å². The number of aliphatic hydroxyl groups is 1. The van der Waals surface area contributed by atoms with Crippen molar-refractivity contribution in [1.29, 1.82) is 0 Å². The molecule has 0 aromatic heterocycles. The Bertz CT molecular complexity index is 425. The standard InChI is InChI=1S/C13H17BrO3/c1-13(15,8-4-5-8)9-6-7-10(16-2)11(14)12(9)17-3/h6-8,15H,4-5H2,1-3H3. The molecule has 2 rings (SSSR count). The summed E-state index contributed by atoms with van der Waals surface area (Å²) in [6.07, 6.45) is 2.14. The average Bonchev–Trinajstić information content (AvgIpc) is 3.12. The first-order valence-electron chi connectivity index (χ1n) is 5.65. The van der Waals surface area contributed by atoms with Crippen LogP contribution in [0.2, 0.25) is 0 Å². The fourth-order valence-electron chi connectivity index (χ4n) is 2.16. The largest absolute Gasteiger partial charge is 0.495 e. The van der Waals surface area contributed by atoms with Gasteiger partial charge in [0.05, 0.1) is 19.8 Å². The van der Waals surface area contributed by atoms with Gasteiger partial charge in [-0.1, -0.05) is 0 Å². The van der Waals surface area contributed by atoms with E-state index in [0.717, 1.165) is 22.9 Å². The normalized spacial score (nSPS) is 18.6. The third-order valence-electron chi connectivity index (χ3n) is 3.40. The van der Waals surface area contributed by atoms with Crippen LogP contribution >= 0.6 is 15.9 Å². The Kier molecular flexibility index (Phi) is 3.36. The van der Waals surface area contributed by atoms with Gasteiger partial charge in [-0.25, -0.2) is 0 Å². The molecular formula is C13H17BrO3. The number of methoxy groups -OCH3 is 2. The maximum absolute atomic E-state index is 10.6. The van der Waals surface area contributed by atoms with Gasteiger partial charge in [0.2, 0.25) is 0 Å². The number of rotatable bonds is 4. The summed E-state index contributed by atoms with van der Waals surface area (Å²) in [5, 5.41) is 10.6. The molecule has 1 aliphatic rings. The molecule has 1 unspecified atom stereocenters. The Balaban J connectivity index is 2.50. The van der Waals surface area contributed by atoms with E-state index in [1.54, 1.807) is 14.2 Å². The highest BCUT2D eigenvalue weighted by Gasteiger charge is 2.43. The molecule has 1 saturated carbocycles. The van der Waals surface area contributed by atoms with Gasteiger partial charge in [-0.05, 0) is 53.7 Å². The Hall–Kier alpha value is -0.740. The van der Waals surface area contributed by atoms with Crippen molar-refractivity contribution in [3.05, 3.63) is 22.2 Å². The van der Waals surface area contributed by atoms with E-state index in [-0.39, 0.29) is 0 Å².